The van der Waals surface area contributed by atoms with Crippen LogP contribution < -0.4 is 11.0 Å². The third kappa shape index (κ3) is 2.84. The first-order valence-corrected chi connectivity index (χ1v) is 8.33. The molecule has 4 rings (SSSR count). The molecule has 0 bridgehead atoms. The van der Waals surface area contributed by atoms with E-state index in [1.54, 1.807) is 17.5 Å². The van der Waals surface area contributed by atoms with E-state index in [0.717, 1.165) is 4.68 Å². The van der Waals surface area contributed by atoms with E-state index in [2.05, 4.69) is 20.4 Å². The van der Waals surface area contributed by atoms with Gasteiger partial charge in [-0.3, -0.25) is 20.0 Å². The maximum Gasteiger partial charge on any atom is 0.290 e. The van der Waals surface area contributed by atoms with Gasteiger partial charge in [0, 0.05) is 23.3 Å². The van der Waals surface area contributed by atoms with Gasteiger partial charge in [-0.15, -0.1) is 11.3 Å². The van der Waals surface area contributed by atoms with Gasteiger partial charge < -0.3 is 0 Å². The van der Waals surface area contributed by atoms with E-state index in [9.17, 15) is 14.0 Å². The fraction of sp³-hybridized carbons (Fsp3) is 0. The summed E-state index contributed by atoms with van der Waals surface area (Å²) >= 11 is 1.30. The van der Waals surface area contributed by atoms with Crippen molar-refractivity contribution in [2.24, 2.45) is 0 Å². The Kier molecular flexibility index (Phi) is 3.98. The zero-order valence-corrected chi connectivity index (χ0v) is 13.9. The third-order valence-corrected chi connectivity index (χ3v) is 4.55. The van der Waals surface area contributed by atoms with Gasteiger partial charge in [-0.1, -0.05) is 12.1 Å². The molecular formula is C17H10FN5O2S. The molecule has 0 spiro atoms. The molecule has 0 saturated carbocycles. The van der Waals surface area contributed by atoms with Crippen LogP contribution in [0.5, 0.6) is 0 Å². The fourth-order valence-corrected chi connectivity index (χ4v) is 3.34. The average Bonchev–Trinajstić information content (AvgIpc) is 3.10. The maximum absolute atomic E-state index is 13.2. The standard InChI is InChI=1S/C17H10FN5O2S/c18-11-3-1-10(2-4-11)12-8-26-16-14(12)17(25)23(9-21-16)22-15(24)13-7-19-5-6-20-13/h1-9H,(H,22,24). The number of nitrogens with one attached hydrogen (secondary N) is 1. The molecule has 0 aliphatic heterocycles. The second-order valence-corrected chi connectivity index (χ2v) is 6.15. The lowest BCUT2D eigenvalue weighted by atomic mass is 10.1. The lowest BCUT2D eigenvalue weighted by Crippen LogP contribution is -2.33. The molecule has 3 heterocycles. The normalized spacial score (nSPS) is 10.8. The molecule has 1 amide bonds. The van der Waals surface area contributed by atoms with Crippen LogP contribution in [0.1, 0.15) is 10.5 Å². The second kappa shape index (κ2) is 6.45. The van der Waals surface area contributed by atoms with Crippen LogP contribution in [0.4, 0.5) is 4.39 Å². The molecule has 3 aromatic heterocycles. The quantitative estimate of drug-likeness (QED) is 0.601. The summed E-state index contributed by atoms with van der Waals surface area (Å²) in [7, 11) is 0. The number of fused-ring (bicyclic) bond motifs is 1. The summed E-state index contributed by atoms with van der Waals surface area (Å²) in [5, 5.41) is 2.13. The Bertz CT molecular complexity index is 1160. The molecule has 0 aliphatic carbocycles. The van der Waals surface area contributed by atoms with Gasteiger partial charge in [0.05, 0.1) is 11.6 Å². The number of carbonyl (C=O) groups excluding carboxylic acids is 1. The van der Waals surface area contributed by atoms with E-state index in [1.807, 2.05) is 0 Å². The average molecular weight is 367 g/mol. The van der Waals surface area contributed by atoms with E-state index in [1.165, 1.54) is 48.4 Å². The fourth-order valence-electron chi connectivity index (χ4n) is 2.44. The van der Waals surface area contributed by atoms with E-state index in [4.69, 9.17) is 0 Å². The summed E-state index contributed by atoms with van der Waals surface area (Å²) in [5.41, 5.74) is 3.40. The van der Waals surface area contributed by atoms with Crippen molar-refractivity contribution in [1.29, 1.82) is 0 Å². The molecule has 26 heavy (non-hydrogen) atoms. The van der Waals surface area contributed by atoms with Gasteiger partial charge in [0.25, 0.3) is 11.5 Å². The SMILES string of the molecule is O=C(Nn1cnc2scc(-c3ccc(F)cc3)c2c1=O)c1cnccn1. The summed E-state index contributed by atoms with van der Waals surface area (Å²) < 4.78 is 14.2. The van der Waals surface area contributed by atoms with Crippen LogP contribution in [0.2, 0.25) is 0 Å². The predicted octanol–water partition coefficient (Wildman–Crippen LogP) is 2.44. The Labute approximate surface area is 149 Å². The monoisotopic (exact) mass is 367 g/mol. The molecule has 4 aromatic rings. The zero-order valence-electron chi connectivity index (χ0n) is 13.1. The smallest absolute Gasteiger partial charge is 0.267 e. The first kappa shape index (κ1) is 16.0. The summed E-state index contributed by atoms with van der Waals surface area (Å²) in [6, 6.07) is 5.82. The van der Waals surface area contributed by atoms with Gasteiger partial charge in [-0.2, -0.15) is 0 Å². The Hall–Kier alpha value is -3.46. The summed E-state index contributed by atoms with van der Waals surface area (Å²) in [4.78, 5) is 37.5. The van der Waals surface area contributed by atoms with E-state index < -0.39 is 11.5 Å². The van der Waals surface area contributed by atoms with Crippen LogP contribution in [-0.4, -0.2) is 25.5 Å². The molecule has 0 unspecified atom stereocenters. The van der Waals surface area contributed by atoms with Crippen molar-refractivity contribution in [1.82, 2.24) is 19.6 Å². The van der Waals surface area contributed by atoms with Crippen molar-refractivity contribution in [2.45, 2.75) is 0 Å². The minimum Gasteiger partial charge on any atom is -0.267 e. The minimum atomic E-state index is -0.583. The Morgan fingerprint density at radius 2 is 1.96 bits per heavy atom. The third-order valence-electron chi connectivity index (χ3n) is 3.67. The number of halogens is 1. The molecule has 1 N–H and O–H groups in total. The molecule has 0 fully saturated rings. The van der Waals surface area contributed by atoms with Crippen molar-refractivity contribution in [2.75, 3.05) is 5.43 Å². The van der Waals surface area contributed by atoms with Crippen molar-refractivity contribution in [3.8, 4) is 11.1 Å². The number of rotatable bonds is 3. The topological polar surface area (TPSA) is 89.8 Å². The number of amides is 1. The molecule has 7 nitrogen and oxygen atoms in total. The van der Waals surface area contributed by atoms with Crippen LogP contribution in [-0.2, 0) is 0 Å². The Morgan fingerprint density at radius 3 is 2.69 bits per heavy atom. The molecule has 0 saturated heterocycles. The number of nitrogens with zero attached hydrogens (tertiary/aromatic N) is 4. The van der Waals surface area contributed by atoms with Crippen LogP contribution >= 0.6 is 11.3 Å². The Balaban J connectivity index is 1.77. The highest BCUT2D eigenvalue weighted by Gasteiger charge is 2.15. The van der Waals surface area contributed by atoms with Gasteiger partial charge >= 0.3 is 0 Å². The lowest BCUT2D eigenvalue weighted by molar-refractivity contribution is 0.100. The van der Waals surface area contributed by atoms with Crippen molar-refractivity contribution >= 4 is 27.5 Å². The van der Waals surface area contributed by atoms with Gasteiger partial charge in [0.2, 0.25) is 0 Å². The number of carbonyl (C=O) groups is 1. The zero-order chi connectivity index (χ0) is 18.1. The van der Waals surface area contributed by atoms with Gasteiger partial charge in [0.15, 0.2) is 0 Å². The Morgan fingerprint density at radius 1 is 1.15 bits per heavy atom. The number of thiophene rings is 1. The second-order valence-electron chi connectivity index (χ2n) is 5.29. The van der Waals surface area contributed by atoms with E-state index in [-0.39, 0.29) is 11.5 Å². The number of benzene rings is 1. The van der Waals surface area contributed by atoms with Crippen molar-refractivity contribution in [3.05, 3.63) is 76.4 Å². The van der Waals surface area contributed by atoms with E-state index >= 15 is 0 Å². The van der Waals surface area contributed by atoms with Gasteiger partial charge in [0.1, 0.15) is 22.7 Å². The predicted molar refractivity (Wildman–Crippen MR) is 95.0 cm³/mol. The molecule has 0 aliphatic rings. The van der Waals surface area contributed by atoms with E-state index in [0.29, 0.717) is 21.3 Å². The highest BCUT2D eigenvalue weighted by atomic mass is 32.1. The minimum absolute atomic E-state index is 0.0728. The van der Waals surface area contributed by atoms with Crippen LogP contribution in [0.25, 0.3) is 21.3 Å². The summed E-state index contributed by atoms with van der Waals surface area (Å²) in [6.45, 7) is 0. The molecule has 9 heteroatoms. The van der Waals surface area contributed by atoms with Gasteiger partial charge in [-0.05, 0) is 17.7 Å². The molecule has 0 atom stereocenters. The summed E-state index contributed by atoms with van der Waals surface area (Å²) in [6.07, 6.45) is 5.35. The maximum atomic E-state index is 13.2. The highest BCUT2D eigenvalue weighted by molar-refractivity contribution is 7.17. The number of aromatic nitrogens is 4. The van der Waals surface area contributed by atoms with Crippen LogP contribution in [0.15, 0.2) is 59.4 Å². The highest BCUT2D eigenvalue weighted by Crippen LogP contribution is 2.30. The first-order chi connectivity index (χ1) is 12.6. The van der Waals surface area contributed by atoms with Crippen molar-refractivity contribution in [3.63, 3.8) is 0 Å². The van der Waals surface area contributed by atoms with Crippen LogP contribution in [0.3, 0.4) is 0 Å². The number of hydrogen-bond acceptors (Lipinski definition) is 6. The molecule has 128 valence electrons. The van der Waals surface area contributed by atoms with Gasteiger partial charge in [-0.25, -0.2) is 19.0 Å². The molecule has 1 aromatic carbocycles. The lowest BCUT2D eigenvalue weighted by Gasteiger charge is -2.07. The first-order valence-electron chi connectivity index (χ1n) is 7.45. The van der Waals surface area contributed by atoms with Crippen LogP contribution in [0, 0.1) is 5.82 Å². The van der Waals surface area contributed by atoms with Crippen molar-refractivity contribution < 1.29 is 9.18 Å². The summed E-state index contributed by atoms with van der Waals surface area (Å²) in [5.74, 6) is -0.944. The molecule has 0 radical (unpaired) electrons. The largest absolute Gasteiger partial charge is 0.290 e. The number of hydrogen-bond donors (Lipinski definition) is 1. The molecular weight excluding hydrogens is 357 g/mol.